The monoisotopic (exact) mass is 446 g/mol. The lowest BCUT2D eigenvalue weighted by atomic mass is 10.0. The number of anilines is 2. The third-order valence-electron chi connectivity index (χ3n) is 4.64. The molecule has 12 heteroatoms. The summed E-state index contributed by atoms with van der Waals surface area (Å²) < 4.78 is 42.8. The van der Waals surface area contributed by atoms with Crippen molar-refractivity contribution in [2.45, 2.75) is 12.4 Å². The molecule has 0 radical (unpaired) electrons. The summed E-state index contributed by atoms with van der Waals surface area (Å²) in [4.78, 5) is 30.5. The number of halogens is 3. The number of hydrogen-bond donors (Lipinski definition) is 2. The minimum absolute atomic E-state index is 0.242. The highest BCUT2D eigenvalue weighted by atomic mass is 19.4. The van der Waals surface area contributed by atoms with Crippen LogP contribution in [0.1, 0.15) is 17.2 Å². The SMILES string of the molecule is Cn1cc(C(NC(=O)N2CC(=O)Nc3cccnc32)c2ccc(OC(F)(F)F)cc2)cn1. The summed E-state index contributed by atoms with van der Waals surface area (Å²) in [6.45, 7) is -0.242. The molecule has 0 spiro atoms. The minimum Gasteiger partial charge on any atom is -0.406 e. The molecular formula is C20H17F3N6O3. The Morgan fingerprint density at radius 2 is 1.97 bits per heavy atom. The maximum absolute atomic E-state index is 13.1. The van der Waals surface area contributed by atoms with E-state index < -0.39 is 18.4 Å². The predicted molar refractivity (Wildman–Crippen MR) is 107 cm³/mol. The number of hydrogen-bond acceptors (Lipinski definition) is 5. The average molecular weight is 446 g/mol. The smallest absolute Gasteiger partial charge is 0.406 e. The van der Waals surface area contributed by atoms with Crippen LogP contribution in [-0.4, -0.2) is 39.6 Å². The number of nitrogens with zero attached hydrogens (tertiary/aromatic N) is 4. The maximum atomic E-state index is 13.1. The first-order chi connectivity index (χ1) is 15.2. The second-order valence-corrected chi connectivity index (χ2v) is 6.96. The number of nitrogens with one attached hydrogen (secondary N) is 2. The number of aryl methyl sites for hydroxylation is 1. The van der Waals surface area contributed by atoms with Gasteiger partial charge in [-0.05, 0) is 29.8 Å². The van der Waals surface area contributed by atoms with E-state index in [1.807, 2.05) is 0 Å². The van der Waals surface area contributed by atoms with Crippen molar-refractivity contribution in [1.29, 1.82) is 0 Å². The van der Waals surface area contributed by atoms with E-state index in [1.54, 1.807) is 25.4 Å². The van der Waals surface area contributed by atoms with E-state index >= 15 is 0 Å². The van der Waals surface area contributed by atoms with Gasteiger partial charge in [0.2, 0.25) is 5.91 Å². The molecule has 2 N–H and O–H groups in total. The molecule has 1 unspecified atom stereocenters. The van der Waals surface area contributed by atoms with Crippen LogP contribution in [-0.2, 0) is 11.8 Å². The lowest BCUT2D eigenvalue weighted by molar-refractivity contribution is -0.274. The molecular weight excluding hydrogens is 429 g/mol. The van der Waals surface area contributed by atoms with E-state index in [0.717, 1.165) is 12.1 Å². The number of amides is 3. The Labute approximate surface area is 179 Å². The van der Waals surface area contributed by atoms with Crippen LogP contribution in [0.3, 0.4) is 0 Å². The van der Waals surface area contributed by atoms with Gasteiger partial charge in [0.1, 0.15) is 12.3 Å². The predicted octanol–water partition coefficient (Wildman–Crippen LogP) is 2.97. The third-order valence-corrected chi connectivity index (χ3v) is 4.64. The molecule has 0 fully saturated rings. The molecule has 32 heavy (non-hydrogen) atoms. The zero-order valence-electron chi connectivity index (χ0n) is 16.6. The van der Waals surface area contributed by atoms with Gasteiger partial charge in [0, 0.05) is 25.0 Å². The van der Waals surface area contributed by atoms with Gasteiger partial charge in [-0.15, -0.1) is 13.2 Å². The van der Waals surface area contributed by atoms with Crippen molar-refractivity contribution in [2.75, 3.05) is 16.8 Å². The number of ether oxygens (including phenoxy) is 1. The Bertz CT molecular complexity index is 1150. The van der Waals surface area contributed by atoms with Gasteiger partial charge in [-0.2, -0.15) is 5.10 Å². The number of benzene rings is 1. The molecule has 2 aromatic heterocycles. The van der Waals surface area contributed by atoms with E-state index in [4.69, 9.17) is 0 Å². The standard InChI is InChI=1S/C20H17F3N6O3/c1-28-10-13(9-25-28)17(12-4-6-14(7-5-12)32-20(21,22)23)27-19(31)29-11-16(30)26-15-3-2-8-24-18(15)29/h2-10,17H,11H2,1H3,(H,26,30)(H,27,31). The van der Waals surface area contributed by atoms with Crippen molar-refractivity contribution in [2.24, 2.45) is 7.05 Å². The number of rotatable bonds is 4. The highest BCUT2D eigenvalue weighted by molar-refractivity contribution is 6.08. The Kier molecular flexibility index (Phi) is 5.43. The first kappa shape index (κ1) is 21.2. The second kappa shape index (κ2) is 8.21. The summed E-state index contributed by atoms with van der Waals surface area (Å²) in [6.07, 6.45) is -0.122. The van der Waals surface area contributed by atoms with Crippen molar-refractivity contribution < 1.29 is 27.5 Å². The Hall–Kier alpha value is -4.09. The maximum Gasteiger partial charge on any atom is 0.573 e. The van der Waals surface area contributed by atoms with Crippen LogP contribution in [0, 0.1) is 0 Å². The van der Waals surface area contributed by atoms with Crippen LogP contribution in [0.4, 0.5) is 29.5 Å². The lowest BCUT2D eigenvalue weighted by Crippen LogP contribution is -2.48. The molecule has 1 aliphatic heterocycles. The Morgan fingerprint density at radius 3 is 2.62 bits per heavy atom. The molecule has 166 valence electrons. The number of pyridine rings is 1. The van der Waals surface area contributed by atoms with Gasteiger partial charge in [-0.3, -0.25) is 14.4 Å². The van der Waals surface area contributed by atoms with Crippen molar-refractivity contribution in [1.82, 2.24) is 20.1 Å². The fraction of sp³-hybridized carbons (Fsp3) is 0.200. The van der Waals surface area contributed by atoms with Crippen molar-refractivity contribution in [3.63, 3.8) is 0 Å². The normalized spacial score (nSPS) is 14.4. The van der Waals surface area contributed by atoms with Gasteiger partial charge >= 0.3 is 12.4 Å². The van der Waals surface area contributed by atoms with Crippen LogP contribution in [0.5, 0.6) is 5.75 Å². The van der Waals surface area contributed by atoms with Crippen molar-refractivity contribution in [3.05, 3.63) is 66.1 Å². The molecule has 1 atom stereocenters. The summed E-state index contributed by atoms with van der Waals surface area (Å²) >= 11 is 0. The highest BCUT2D eigenvalue weighted by Crippen LogP contribution is 2.29. The van der Waals surface area contributed by atoms with Crippen molar-refractivity contribution >= 4 is 23.4 Å². The number of carbonyl (C=O) groups is 2. The summed E-state index contributed by atoms with van der Waals surface area (Å²) in [7, 11) is 1.69. The van der Waals surface area contributed by atoms with Gasteiger partial charge < -0.3 is 15.4 Å². The van der Waals surface area contributed by atoms with Crippen LogP contribution < -0.4 is 20.3 Å². The highest BCUT2D eigenvalue weighted by Gasteiger charge is 2.32. The quantitative estimate of drug-likeness (QED) is 0.642. The number of urea groups is 1. The molecule has 0 saturated heterocycles. The molecule has 3 amide bonds. The van der Waals surface area contributed by atoms with E-state index in [1.165, 1.54) is 34.1 Å². The fourth-order valence-electron chi connectivity index (χ4n) is 3.30. The lowest BCUT2D eigenvalue weighted by Gasteiger charge is -2.29. The molecule has 9 nitrogen and oxygen atoms in total. The topological polar surface area (TPSA) is 101 Å². The molecule has 4 rings (SSSR count). The van der Waals surface area contributed by atoms with Crippen LogP contribution in [0.2, 0.25) is 0 Å². The summed E-state index contributed by atoms with van der Waals surface area (Å²) in [5.74, 6) is -0.487. The number of carbonyl (C=O) groups excluding carboxylic acids is 2. The summed E-state index contributed by atoms with van der Waals surface area (Å²) in [6, 6.07) is 7.02. The Balaban J connectivity index is 1.62. The van der Waals surface area contributed by atoms with E-state index in [-0.39, 0.29) is 24.0 Å². The first-order valence-corrected chi connectivity index (χ1v) is 9.37. The number of aromatic nitrogens is 3. The van der Waals surface area contributed by atoms with E-state index in [0.29, 0.717) is 16.8 Å². The zero-order chi connectivity index (χ0) is 22.9. The first-order valence-electron chi connectivity index (χ1n) is 9.37. The summed E-state index contributed by atoms with van der Waals surface area (Å²) in [5.41, 5.74) is 1.47. The molecule has 1 aliphatic rings. The van der Waals surface area contributed by atoms with Gasteiger partial charge in [0.05, 0.1) is 17.9 Å². The minimum atomic E-state index is -4.81. The van der Waals surface area contributed by atoms with Crippen LogP contribution >= 0.6 is 0 Å². The largest absolute Gasteiger partial charge is 0.573 e. The van der Waals surface area contributed by atoms with E-state index in [9.17, 15) is 22.8 Å². The summed E-state index contributed by atoms with van der Waals surface area (Å²) in [5, 5.41) is 9.56. The van der Waals surface area contributed by atoms with Gasteiger partial charge in [0.15, 0.2) is 5.82 Å². The van der Waals surface area contributed by atoms with Gasteiger partial charge in [-0.25, -0.2) is 9.78 Å². The molecule has 3 heterocycles. The van der Waals surface area contributed by atoms with E-state index in [2.05, 4.69) is 25.5 Å². The Morgan fingerprint density at radius 1 is 1.22 bits per heavy atom. The van der Waals surface area contributed by atoms with Crippen LogP contribution in [0.25, 0.3) is 0 Å². The number of alkyl halides is 3. The molecule has 0 saturated carbocycles. The van der Waals surface area contributed by atoms with Gasteiger partial charge in [0.25, 0.3) is 0 Å². The third kappa shape index (κ3) is 4.63. The second-order valence-electron chi connectivity index (χ2n) is 6.96. The molecule has 0 bridgehead atoms. The molecule has 3 aromatic rings. The number of fused-ring (bicyclic) bond motifs is 1. The van der Waals surface area contributed by atoms with Gasteiger partial charge in [-0.1, -0.05) is 12.1 Å². The molecule has 0 aliphatic carbocycles. The van der Waals surface area contributed by atoms with Crippen LogP contribution in [0.15, 0.2) is 55.0 Å². The fourth-order valence-corrected chi connectivity index (χ4v) is 3.30. The molecule has 1 aromatic carbocycles. The average Bonchev–Trinajstić information content (AvgIpc) is 3.16. The zero-order valence-corrected chi connectivity index (χ0v) is 16.6. The van der Waals surface area contributed by atoms with Crippen molar-refractivity contribution in [3.8, 4) is 5.75 Å².